The van der Waals surface area contributed by atoms with Crippen LogP contribution in [0.3, 0.4) is 0 Å². The number of benzene rings is 1. The van der Waals surface area contributed by atoms with Crippen LogP contribution in [0.1, 0.15) is 49.4 Å². The molecule has 158 valence electrons. The minimum atomic E-state index is -0.0415. The maximum Gasteiger partial charge on any atom is 0.264 e. The minimum Gasteiger partial charge on any atom is -0.399 e. The Balaban J connectivity index is 1.43. The molecule has 2 aliphatic heterocycles. The summed E-state index contributed by atoms with van der Waals surface area (Å²) in [4.78, 5) is 25.1. The monoisotopic (exact) mass is 406 g/mol. The van der Waals surface area contributed by atoms with E-state index in [1.165, 1.54) is 12.8 Å². The summed E-state index contributed by atoms with van der Waals surface area (Å²) >= 11 is 0. The maximum atomic E-state index is 13.3. The topological polar surface area (TPSA) is 103 Å². The lowest BCUT2D eigenvalue weighted by Crippen LogP contribution is -2.49. The highest BCUT2D eigenvalue weighted by Crippen LogP contribution is 2.48. The lowest BCUT2D eigenvalue weighted by atomic mass is 9.73. The molecule has 5 rings (SSSR count). The molecular weight excluding hydrogens is 376 g/mol. The summed E-state index contributed by atoms with van der Waals surface area (Å²) in [6.07, 6.45) is 4.57. The maximum absolute atomic E-state index is 13.3. The van der Waals surface area contributed by atoms with Crippen molar-refractivity contribution >= 4 is 17.3 Å². The lowest BCUT2D eigenvalue weighted by Gasteiger charge is -2.43. The van der Waals surface area contributed by atoms with Gasteiger partial charge in [-0.05, 0) is 49.1 Å². The van der Waals surface area contributed by atoms with E-state index in [0.717, 1.165) is 43.1 Å². The van der Waals surface area contributed by atoms with Crippen molar-refractivity contribution in [2.24, 2.45) is 29.1 Å². The van der Waals surface area contributed by atoms with Crippen LogP contribution in [0.5, 0.6) is 0 Å². The Hall–Kier alpha value is -2.67. The number of anilines is 2. The molecule has 3 heterocycles. The SMILES string of the molecule is C[C@@H]1CCC2(CCN(c3nc4c(c(=O)n3C)C(c3cccc(N)c3)=NC4)CC2)[C@@H]1N. The quantitative estimate of drug-likeness (QED) is 0.743. The molecule has 2 aromatic rings. The van der Waals surface area contributed by atoms with E-state index in [4.69, 9.17) is 16.5 Å². The second kappa shape index (κ2) is 6.94. The van der Waals surface area contributed by atoms with Crippen molar-refractivity contribution in [3.8, 4) is 0 Å². The number of piperidine rings is 1. The minimum absolute atomic E-state index is 0.0415. The molecular formula is C23H30N6O. The zero-order chi connectivity index (χ0) is 21.0. The Labute approximate surface area is 176 Å². The molecule has 7 heteroatoms. The fraction of sp³-hybridized carbons (Fsp3) is 0.522. The van der Waals surface area contributed by atoms with E-state index in [9.17, 15) is 4.79 Å². The van der Waals surface area contributed by atoms with Crippen molar-refractivity contribution in [2.75, 3.05) is 23.7 Å². The van der Waals surface area contributed by atoms with Crippen molar-refractivity contribution in [3.05, 3.63) is 51.4 Å². The van der Waals surface area contributed by atoms with Gasteiger partial charge in [0, 0.05) is 37.4 Å². The summed E-state index contributed by atoms with van der Waals surface area (Å²) < 4.78 is 1.68. The summed E-state index contributed by atoms with van der Waals surface area (Å²) in [6, 6.07) is 7.80. The summed E-state index contributed by atoms with van der Waals surface area (Å²) in [5.74, 6) is 1.35. The van der Waals surface area contributed by atoms with Gasteiger partial charge >= 0.3 is 0 Å². The van der Waals surface area contributed by atoms with Crippen LogP contribution in [-0.2, 0) is 13.6 Å². The summed E-state index contributed by atoms with van der Waals surface area (Å²) in [7, 11) is 1.81. The number of hydrogen-bond acceptors (Lipinski definition) is 6. The molecule has 1 aromatic heterocycles. The van der Waals surface area contributed by atoms with Crippen molar-refractivity contribution in [2.45, 2.75) is 45.2 Å². The Bertz CT molecular complexity index is 1080. The number of aliphatic imine (C=N–C) groups is 1. The van der Waals surface area contributed by atoms with Gasteiger partial charge in [0.05, 0.1) is 23.5 Å². The zero-order valence-corrected chi connectivity index (χ0v) is 17.8. The highest BCUT2D eigenvalue weighted by molar-refractivity contribution is 6.15. The normalized spacial score (nSPS) is 24.9. The first-order chi connectivity index (χ1) is 14.4. The number of nitrogen functional groups attached to an aromatic ring is 1. The van der Waals surface area contributed by atoms with E-state index in [2.05, 4.69) is 16.8 Å². The van der Waals surface area contributed by atoms with Gasteiger partial charge in [-0.25, -0.2) is 4.98 Å². The smallest absolute Gasteiger partial charge is 0.264 e. The number of nitrogens with zero attached hydrogens (tertiary/aromatic N) is 4. The lowest BCUT2D eigenvalue weighted by molar-refractivity contribution is 0.185. The van der Waals surface area contributed by atoms with Crippen LogP contribution in [-0.4, -0.2) is 34.4 Å². The van der Waals surface area contributed by atoms with E-state index in [-0.39, 0.29) is 17.0 Å². The zero-order valence-electron chi connectivity index (χ0n) is 17.8. The van der Waals surface area contributed by atoms with Gasteiger partial charge in [-0.2, -0.15) is 0 Å². The molecule has 3 aliphatic rings. The summed E-state index contributed by atoms with van der Waals surface area (Å²) in [5.41, 5.74) is 16.3. The molecule has 2 fully saturated rings. The van der Waals surface area contributed by atoms with E-state index in [1.807, 2.05) is 31.3 Å². The third-order valence-electron chi connectivity index (χ3n) is 7.59. The summed E-state index contributed by atoms with van der Waals surface area (Å²) in [5, 5.41) is 0. The van der Waals surface area contributed by atoms with Crippen LogP contribution in [0.15, 0.2) is 34.1 Å². The highest BCUT2D eigenvalue weighted by Gasteiger charge is 2.46. The van der Waals surface area contributed by atoms with Gasteiger partial charge in [0.15, 0.2) is 0 Å². The molecule has 0 amide bonds. The molecule has 7 nitrogen and oxygen atoms in total. The third-order valence-corrected chi connectivity index (χ3v) is 7.59. The Morgan fingerprint density at radius 1 is 1.20 bits per heavy atom. The first-order valence-corrected chi connectivity index (χ1v) is 10.9. The molecule has 1 spiro atoms. The van der Waals surface area contributed by atoms with Crippen LogP contribution in [0.2, 0.25) is 0 Å². The Morgan fingerprint density at radius 3 is 2.63 bits per heavy atom. The van der Waals surface area contributed by atoms with E-state index in [0.29, 0.717) is 29.4 Å². The van der Waals surface area contributed by atoms with Gasteiger partial charge in [-0.3, -0.25) is 14.4 Å². The second-order valence-corrected chi connectivity index (χ2v) is 9.28. The molecule has 1 aromatic carbocycles. The van der Waals surface area contributed by atoms with Gasteiger partial charge in [0.2, 0.25) is 5.95 Å². The molecule has 2 atom stereocenters. The third kappa shape index (κ3) is 2.87. The average Bonchev–Trinajstić information content (AvgIpc) is 3.29. The molecule has 0 radical (unpaired) electrons. The first kappa shape index (κ1) is 19.3. The fourth-order valence-electron chi connectivity index (χ4n) is 5.62. The number of nitrogens with two attached hydrogens (primary N) is 2. The molecule has 1 saturated carbocycles. The first-order valence-electron chi connectivity index (χ1n) is 10.9. The largest absolute Gasteiger partial charge is 0.399 e. The van der Waals surface area contributed by atoms with Crippen LogP contribution >= 0.6 is 0 Å². The molecule has 1 saturated heterocycles. The van der Waals surface area contributed by atoms with Crippen molar-refractivity contribution in [3.63, 3.8) is 0 Å². The van der Waals surface area contributed by atoms with Crippen molar-refractivity contribution in [1.82, 2.24) is 9.55 Å². The van der Waals surface area contributed by atoms with Crippen LogP contribution in [0.4, 0.5) is 11.6 Å². The van der Waals surface area contributed by atoms with Crippen LogP contribution < -0.4 is 21.9 Å². The molecule has 4 N–H and O–H groups in total. The number of hydrogen-bond donors (Lipinski definition) is 2. The highest BCUT2D eigenvalue weighted by atomic mass is 16.1. The van der Waals surface area contributed by atoms with E-state index >= 15 is 0 Å². The summed E-state index contributed by atoms with van der Waals surface area (Å²) in [6.45, 7) is 4.49. The average molecular weight is 407 g/mol. The van der Waals surface area contributed by atoms with Gasteiger partial charge in [-0.15, -0.1) is 0 Å². The van der Waals surface area contributed by atoms with Crippen LogP contribution in [0, 0.1) is 11.3 Å². The van der Waals surface area contributed by atoms with Crippen LogP contribution in [0.25, 0.3) is 0 Å². The molecule has 0 bridgehead atoms. The molecule has 0 unspecified atom stereocenters. The molecule has 1 aliphatic carbocycles. The molecule has 30 heavy (non-hydrogen) atoms. The second-order valence-electron chi connectivity index (χ2n) is 9.28. The fourth-order valence-corrected chi connectivity index (χ4v) is 5.62. The number of rotatable bonds is 2. The Morgan fingerprint density at radius 2 is 1.97 bits per heavy atom. The van der Waals surface area contributed by atoms with Crippen molar-refractivity contribution in [1.29, 1.82) is 0 Å². The van der Waals surface area contributed by atoms with E-state index in [1.54, 1.807) is 4.57 Å². The van der Waals surface area contributed by atoms with Crippen molar-refractivity contribution < 1.29 is 0 Å². The number of fused-ring (bicyclic) bond motifs is 1. The van der Waals surface area contributed by atoms with Gasteiger partial charge in [0.25, 0.3) is 5.56 Å². The van der Waals surface area contributed by atoms with Gasteiger partial charge < -0.3 is 16.4 Å². The Kier molecular flexibility index (Phi) is 4.47. The van der Waals surface area contributed by atoms with Gasteiger partial charge in [-0.1, -0.05) is 19.1 Å². The number of aromatic nitrogens is 2. The van der Waals surface area contributed by atoms with Gasteiger partial charge in [0.1, 0.15) is 0 Å². The van der Waals surface area contributed by atoms with E-state index < -0.39 is 0 Å². The predicted molar refractivity (Wildman–Crippen MR) is 120 cm³/mol. The standard InChI is InChI=1S/C23H30N6O/c1-14-6-7-23(20(14)25)8-10-29(11-9-23)22-27-17-13-26-19(18(17)21(30)28(22)2)15-4-3-5-16(24)12-15/h3-5,12,14,20H,6-11,13,24-25H2,1-2H3/t14-,20-/m1/s1. The predicted octanol–water partition coefficient (Wildman–Crippen LogP) is 2.06.